The lowest BCUT2D eigenvalue weighted by molar-refractivity contribution is -0.113. The SMILES string of the molecule is Nn1c(Cc2ccc(F)cc2)nnc1SCC(=O)Nc1ccc2c(c1)OCCCO2. The van der Waals surface area contributed by atoms with Gasteiger partial charge >= 0.3 is 0 Å². The zero-order valence-corrected chi connectivity index (χ0v) is 16.8. The number of amides is 1. The zero-order chi connectivity index (χ0) is 20.9. The van der Waals surface area contributed by atoms with Crippen molar-refractivity contribution in [3.8, 4) is 11.5 Å². The molecule has 0 aliphatic carbocycles. The number of benzene rings is 2. The van der Waals surface area contributed by atoms with E-state index in [9.17, 15) is 9.18 Å². The maximum atomic E-state index is 13.0. The number of ether oxygens (including phenoxy) is 2. The molecule has 0 unspecified atom stereocenters. The third kappa shape index (κ3) is 4.82. The van der Waals surface area contributed by atoms with Crippen molar-refractivity contribution >= 4 is 23.4 Å². The highest BCUT2D eigenvalue weighted by atomic mass is 32.2. The molecule has 156 valence electrons. The first-order valence-corrected chi connectivity index (χ1v) is 10.3. The van der Waals surface area contributed by atoms with Gasteiger partial charge < -0.3 is 20.6 Å². The third-order valence-electron chi connectivity index (χ3n) is 4.37. The number of hydrogen-bond acceptors (Lipinski definition) is 7. The summed E-state index contributed by atoms with van der Waals surface area (Å²) in [6, 6.07) is 11.4. The average molecular weight is 429 g/mol. The van der Waals surface area contributed by atoms with Gasteiger partial charge in [0, 0.05) is 24.6 Å². The van der Waals surface area contributed by atoms with E-state index in [0.717, 1.165) is 12.0 Å². The number of nitrogen functional groups attached to an aromatic ring is 1. The van der Waals surface area contributed by atoms with Crippen LogP contribution >= 0.6 is 11.8 Å². The van der Waals surface area contributed by atoms with Gasteiger partial charge in [-0.2, -0.15) is 0 Å². The second kappa shape index (κ2) is 9.04. The minimum atomic E-state index is -0.302. The highest BCUT2D eigenvalue weighted by molar-refractivity contribution is 7.99. The molecule has 2 aromatic carbocycles. The lowest BCUT2D eigenvalue weighted by atomic mass is 10.1. The number of fused-ring (bicyclic) bond motifs is 1. The van der Waals surface area contributed by atoms with E-state index in [2.05, 4.69) is 15.5 Å². The summed E-state index contributed by atoms with van der Waals surface area (Å²) in [4.78, 5) is 12.3. The van der Waals surface area contributed by atoms with Crippen molar-refractivity contribution in [1.29, 1.82) is 0 Å². The quantitative estimate of drug-likeness (QED) is 0.458. The molecule has 0 saturated carbocycles. The number of rotatable bonds is 6. The normalized spacial score (nSPS) is 13.0. The van der Waals surface area contributed by atoms with Gasteiger partial charge in [-0.1, -0.05) is 23.9 Å². The Balaban J connectivity index is 1.33. The molecule has 3 N–H and O–H groups in total. The molecule has 10 heteroatoms. The number of nitrogens with one attached hydrogen (secondary N) is 1. The molecule has 0 bridgehead atoms. The maximum Gasteiger partial charge on any atom is 0.234 e. The van der Waals surface area contributed by atoms with Crippen molar-refractivity contribution in [2.45, 2.75) is 18.0 Å². The van der Waals surface area contributed by atoms with E-state index in [0.29, 0.717) is 47.8 Å². The van der Waals surface area contributed by atoms with Crippen LogP contribution in [0.25, 0.3) is 0 Å². The molecule has 0 radical (unpaired) electrons. The van der Waals surface area contributed by atoms with Crippen LogP contribution in [-0.4, -0.2) is 39.7 Å². The van der Waals surface area contributed by atoms with Crippen LogP contribution in [0.1, 0.15) is 17.8 Å². The Labute approximate surface area is 176 Å². The number of thioether (sulfide) groups is 1. The standard InChI is InChI=1S/C20H20FN5O3S/c21-14-4-2-13(3-5-14)10-18-24-25-20(26(18)22)30-12-19(27)23-15-6-7-16-17(11-15)29-9-1-8-28-16/h2-7,11H,1,8-10,12,22H2,(H,23,27). The second-order valence-electron chi connectivity index (χ2n) is 6.62. The third-order valence-corrected chi connectivity index (χ3v) is 5.32. The van der Waals surface area contributed by atoms with E-state index in [4.69, 9.17) is 15.3 Å². The van der Waals surface area contributed by atoms with Crippen molar-refractivity contribution in [2.75, 3.05) is 30.1 Å². The fourth-order valence-corrected chi connectivity index (χ4v) is 3.55. The first-order valence-electron chi connectivity index (χ1n) is 9.34. The van der Waals surface area contributed by atoms with Gasteiger partial charge in [-0.25, -0.2) is 9.07 Å². The number of nitrogens with zero attached hydrogens (tertiary/aromatic N) is 3. The Morgan fingerprint density at radius 1 is 1.13 bits per heavy atom. The Hall–Kier alpha value is -3.27. The number of anilines is 1. The molecule has 8 nitrogen and oxygen atoms in total. The highest BCUT2D eigenvalue weighted by Crippen LogP contribution is 2.32. The van der Waals surface area contributed by atoms with Gasteiger partial charge in [0.05, 0.1) is 19.0 Å². The smallest absolute Gasteiger partial charge is 0.234 e. The van der Waals surface area contributed by atoms with Crippen LogP contribution < -0.4 is 20.6 Å². The Kier molecular flexibility index (Phi) is 6.03. The van der Waals surface area contributed by atoms with Gasteiger partial charge in [-0.15, -0.1) is 10.2 Å². The van der Waals surface area contributed by atoms with Crippen molar-refractivity contribution in [1.82, 2.24) is 14.9 Å². The predicted molar refractivity (Wildman–Crippen MR) is 111 cm³/mol. The summed E-state index contributed by atoms with van der Waals surface area (Å²) in [7, 11) is 0. The summed E-state index contributed by atoms with van der Waals surface area (Å²) in [5, 5.41) is 11.3. The Morgan fingerprint density at radius 2 is 1.90 bits per heavy atom. The molecule has 0 fully saturated rings. The topological polar surface area (TPSA) is 104 Å². The summed E-state index contributed by atoms with van der Waals surface area (Å²) in [6.07, 6.45) is 1.23. The number of nitrogens with two attached hydrogens (primary N) is 1. The number of carbonyl (C=O) groups excluding carboxylic acids is 1. The van der Waals surface area contributed by atoms with E-state index < -0.39 is 0 Å². The van der Waals surface area contributed by atoms with Crippen molar-refractivity contribution in [3.63, 3.8) is 0 Å². The van der Waals surface area contributed by atoms with Crippen molar-refractivity contribution < 1.29 is 18.7 Å². The van der Waals surface area contributed by atoms with Crippen LogP contribution in [-0.2, 0) is 11.2 Å². The minimum Gasteiger partial charge on any atom is -0.490 e. The van der Waals surface area contributed by atoms with Crippen LogP contribution in [0.15, 0.2) is 47.6 Å². The average Bonchev–Trinajstić information content (AvgIpc) is 2.93. The Morgan fingerprint density at radius 3 is 2.70 bits per heavy atom. The number of halogens is 1. The van der Waals surface area contributed by atoms with Gasteiger partial charge in [0.15, 0.2) is 17.3 Å². The van der Waals surface area contributed by atoms with E-state index in [1.807, 2.05) is 0 Å². The van der Waals surface area contributed by atoms with Crippen molar-refractivity contribution in [3.05, 3.63) is 59.7 Å². The first-order chi connectivity index (χ1) is 14.6. The fraction of sp³-hybridized carbons (Fsp3) is 0.250. The molecule has 30 heavy (non-hydrogen) atoms. The van der Waals surface area contributed by atoms with Gasteiger partial charge in [-0.3, -0.25) is 4.79 Å². The molecule has 1 aliphatic rings. The molecule has 0 spiro atoms. The van der Waals surface area contributed by atoms with Gasteiger partial charge in [-0.05, 0) is 29.8 Å². The van der Waals surface area contributed by atoms with E-state index in [-0.39, 0.29) is 17.5 Å². The molecule has 3 aromatic rings. The summed E-state index contributed by atoms with van der Waals surface area (Å²) >= 11 is 1.18. The zero-order valence-electron chi connectivity index (χ0n) is 16.0. The fourth-order valence-electron chi connectivity index (χ4n) is 2.88. The van der Waals surface area contributed by atoms with E-state index in [1.54, 1.807) is 30.3 Å². The summed E-state index contributed by atoms with van der Waals surface area (Å²) in [5.74, 6) is 7.45. The van der Waals surface area contributed by atoms with Crippen LogP contribution in [0.3, 0.4) is 0 Å². The molecular formula is C20H20FN5O3S. The van der Waals surface area contributed by atoms with Gasteiger partial charge in [0.2, 0.25) is 11.1 Å². The number of hydrogen-bond donors (Lipinski definition) is 2. The maximum absolute atomic E-state index is 13.0. The van der Waals surface area contributed by atoms with E-state index in [1.165, 1.54) is 28.6 Å². The van der Waals surface area contributed by atoms with Crippen LogP contribution in [0.4, 0.5) is 10.1 Å². The summed E-state index contributed by atoms with van der Waals surface area (Å²) < 4.78 is 25.6. The molecule has 2 heterocycles. The molecule has 0 atom stereocenters. The van der Waals surface area contributed by atoms with Crippen molar-refractivity contribution in [2.24, 2.45) is 0 Å². The van der Waals surface area contributed by atoms with E-state index >= 15 is 0 Å². The molecule has 0 saturated heterocycles. The molecule has 1 aromatic heterocycles. The second-order valence-corrected chi connectivity index (χ2v) is 7.56. The lowest BCUT2D eigenvalue weighted by Crippen LogP contribution is -2.17. The summed E-state index contributed by atoms with van der Waals surface area (Å²) in [6.45, 7) is 1.19. The van der Waals surface area contributed by atoms with Gasteiger partial charge in [0.1, 0.15) is 5.82 Å². The first kappa shape index (κ1) is 20.0. The highest BCUT2D eigenvalue weighted by Gasteiger charge is 2.15. The van der Waals surface area contributed by atoms with Gasteiger partial charge in [0.25, 0.3) is 0 Å². The molecule has 1 amide bonds. The van der Waals surface area contributed by atoms with Crippen LogP contribution in [0, 0.1) is 5.82 Å². The van der Waals surface area contributed by atoms with Crippen LogP contribution in [0.5, 0.6) is 11.5 Å². The molecule has 4 rings (SSSR count). The summed E-state index contributed by atoms with van der Waals surface area (Å²) in [5.41, 5.74) is 1.48. The minimum absolute atomic E-state index is 0.111. The molecule has 1 aliphatic heterocycles. The number of aromatic nitrogens is 3. The molecular weight excluding hydrogens is 409 g/mol. The monoisotopic (exact) mass is 429 g/mol. The Bertz CT molecular complexity index is 1040. The van der Waals surface area contributed by atoms with Crippen LogP contribution in [0.2, 0.25) is 0 Å². The predicted octanol–water partition coefficient (Wildman–Crippen LogP) is 2.61. The largest absolute Gasteiger partial charge is 0.490 e. The lowest BCUT2D eigenvalue weighted by Gasteiger charge is -2.10. The number of carbonyl (C=O) groups is 1.